The first kappa shape index (κ1) is 10.2. The molecule has 0 amide bonds. The van der Waals surface area contributed by atoms with Gasteiger partial charge in [-0.3, -0.25) is 4.79 Å². The van der Waals surface area contributed by atoms with Gasteiger partial charge in [-0.15, -0.1) is 0 Å². The lowest BCUT2D eigenvalue weighted by Crippen LogP contribution is -2.01. The van der Waals surface area contributed by atoms with E-state index in [9.17, 15) is 13.2 Å². The predicted octanol–water partition coefficient (Wildman–Crippen LogP) is 0.455. The summed E-state index contributed by atoms with van der Waals surface area (Å²) in [6.07, 6.45) is 2.03. The molecule has 0 heterocycles. The fourth-order valence-electron chi connectivity index (χ4n) is 0.549. The highest BCUT2D eigenvalue weighted by molar-refractivity contribution is 7.86. The second-order valence-corrected chi connectivity index (χ2v) is 3.73. The number of allylic oxidation sites excluding steroid dienone is 2. The standard InChI is InChI=1S/C6H10O4S/c1-5(7)4-6(2)10-11(3,8)9/h4H,1-3H3/b6-4+. The quantitative estimate of drug-likeness (QED) is 0.358. The van der Waals surface area contributed by atoms with Crippen LogP contribution in [0.1, 0.15) is 13.8 Å². The zero-order valence-electron chi connectivity index (χ0n) is 6.62. The molecule has 64 valence electrons. The maximum absolute atomic E-state index is 10.4. The lowest BCUT2D eigenvalue weighted by Gasteiger charge is -1.99. The van der Waals surface area contributed by atoms with Gasteiger partial charge in [0.05, 0.1) is 6.26 Å². The van der Waals surface area contributed by atoms with Gasteiger partial charge in [-0.2, -0.15) is 8.42 Å². The van der Waals surface area contributed by atoms with Crippen molar-refractivity contribution in [2.24, 2.45) is 0 Å². The highest BCUT2D eigenvalue weighted by Crippen LogP contribution is 2.00. The Balaban J connectivity index is 4.31. The SMILES string of the molecule is CC(=O)/C=C(\C)OS(C)(=O)=O. The first-order valence-corrected chi connectivity index (χ1v) is 4.71. The van der Waals surface area contributed by atoms with Crippen LogP contribution in [0.15, 0.2) is 11.8 Å². The van der Waals surface area contributed by atoms with Crippen molar-refractivity contribution in [3.05, 3.63) is 11.8 Å². The summed E-state index contributed by atoms with van der Waals surface area (Å²) >= 11 is 0. The van der Waals surface area contributed by atoms with Crippen molar-refractivity contribution in [2.45, 2.75) is 13.8 Å². The number of hydrogen-bond donors (Lipinski definition) is 0. The van der Waals surface area contributed by atoms with Crippen LogP contribution in [0.25, 0.3) is 0 Å². The van der Waals surface area contributed by atoms with E-state index in [1.54, 1.807) is 0 Å². The van der Waals surface area contributed by atoms with Crippen molar-refractivity contribution < 1.29 is 17.4 Å². The average molecular weight is 178 g/mol. The van der Waals surface area contributed by atoms with E-state index in [0.717, 1.165) is 12.3 Å². The normalized spacial score (nSPS) is 12.8. The molecule has 0 radical (unpaired) electrons. The molecule has 11 heavy (non-hydrogen) atoms. The molecule has 0 spiro atoms. The third-order valence-corrected chi connectivity index (χ3v) is 1.25. The van der Waals surface area contributed by atoms with Gasteiger partial charge in [0.1, 0.15) is 5.76 Å². The Morgan fingerprint density at radius 1 is 1.36 bits per heavy atom. The summed E-state index contributed by atoms with van der Waals surface area (Å²) in [5, 5.41) is 0. The van der Waals surface area contributed by atoms with Gasteiger partial charge < -0.3 is 4.18 Å². The Morgan fingerprint density at radius 3 is 2.09 bits per heavy atom. The molecule has 0 aromatic carbocycles. The number of carbonyl (C=O) groups excluding carboxylic acids is 1. The summed E-state index contributed by atoms with van der Waals surface area (Å²) in [6, 6.07) is 0. The topological polar surface area (TPSA) is 60.4 Å². The van der Waals surface area contributed by atoms with Crippen molar-refractivity contribution in [3.63, 3.8) is 0 Å². The van der Waals surface area contributed by atoms with E-state index in [1.165, 1.54) is 13.8 Å². The average Bonchev–Trinajstić information content (AvgIpc) is 1.53. The van der Waals surface area contributed by atoms with E-state index in [4.69, 9.17) is 0 Å². The highest BCUT2D eigenvalue weighted by atomic mass is 32.2. The molecule has 0 aliphatic carbocycles. The molecule has 0 aliphatic heterocycles. The minimum Gasteiger partial charge on any atom is -0.387 e. The van der Waals surface area contributed by atoms with E-state index in [0.29, 0.717) is 0 Å². The van der Waals surface area contributed by atoms with Gasteiger partial charge in [-0.25, -0.2) is 0 Å². The lowest BCUT2D eigenvalue weighted by atomic mass is 10.4. The predicted molar refractivity (Wildman–Crippen MR) is 40.4 cm³/mol. The van der Waals surface area contributed by atoms with Crippen molar-refractivity contribution >= 4 is 15.9 Å². The molecule has 0 atom stereocenters. The zero-order chi connectivity index (χ0) is 9.07. The third-order valence-electron chi connectivity index (χ3n) is 0.689. The van der Waals surface area contributed by atoms with Crippen LogP contribution < -0.4 is 0 Å². The second-order valence-electron chi connectivity index (χ2n) is 2.15. The Labute approximate surface area is 66.0 Å². The monoisotopic (exact) mass is 178 g/mol. The van der Waals surface area contributed by atoms with Crippen molar-refractivity contribution in [3.8, 4) is 0 Å². The molecule has 0 aromatic rings. The Kier molecular flexibility index (Phi) is 3.25. The summed E-state index contributed by atoms with van der Waals surface area (Å²) in [4.78, 5) is 10.4. The molecule has 0 aromatic heterocycles. The summed E-state index contributed by atoms with van der Waals surface area (Å²) in [6.45, 7) is 2.72. The second kappa shape index (κ2) is 3.52. The molecule has 0 N–H and O–H groups in total. The van der Waals surface area contributed by atoms with Crippen LogP contribution in [-0.2, 0) is 19.1 Å². The minimum atomic E-state index is -3.49. The van der Waals surface area contributed by atoms with Gasteiger partial charge in [0.25, 0.3) is 0 Å². The minimum absolute atomic E-state index is 0.0833. The van der Waals surface area contributed by atoms with Gasteiger partial charge in [0.15, 0.2) is 5.78 Å². The van der Waals surface area contributed by atoms with E-state index in [1.807, 2.05) is 0 Å². The molecule has 0 rings (SSSR count). The molecule has 0 unspecified atom stereocenters. The molecule has 0 bridgehead atoms. The molecular weight excluding hydrogens is 168 g/mol. The maximum Gasteiger partial charge on any atom is 0.305 e. The Morgan fingerprint density at radius 2 is 1.82 bits per heavy atom. The van der Waals surface area contributed by atoms with Gasteiger partial charge in [-0.05, 0) is 13.8 Å². The van der Waals surface area contributed by atoms with Gasteiger partial charge in [-0.1, -0.05) is 0 Å². The molecular formula is C6H10O4S. The number of ketones is 1. The van der Waals surface area contributed by atoms with E-state index in [-0.39, 0.29) is 11.5 Å². The van der Waals surface area contributed by atoms with E-state index in [2.05, 4.69) is 4.18 Å². The molecule has 5 heteroatoms. The highest BCUT2D eigenvalue weighted by Gasteiger charge is 2.02. The maximum atomic E-state index is 10.4. The van der Waals surface area contributed by atoms with Crippen LogP contribution in [-0.4, -0.2) is 20.5 Å². The third kappa shape index (κ3) is 7.05. The fraction of sp³-hybridized carbons (Fsp3) is 0.500. The lowest BCUT2D eigenvalue weighted by molar-refractivity contribution is -0.112. The largest absolute Gasteiger partial charge is 0.387 e. The summed E-state index contributed by atoms with van der Waals surface area (Å²) in [5.74, 6) is -0.161. The van der Waals surface area contributed by atoms with Crippen LogP contribution in [0.5, 0.6) is 0 Å². The van der Waals surface area contributed by atoms with Gasteiger partial charge in [0.2, 0.25) is 0 Å². The number of rotatable bonds is 3. The van der Waals surface area contributed by atoms with E-state index < -0.39 is 10.1 Å². The van der Waals surface area contributed by atoms with E-state index >= 15 is 0 Å². The Bertz CT molecular complexity index is 273. The van der Waals surface area contributed by atoms with Crippen LogP contribution in [0.4, 0.5) is 0 Å². The molecule has 0 fully saturated rings. The molecule has 0 saturated heterocycles. The van der Waals surface area contributed by atoms with Gasteiger partial charge >= 0.3 is 10.1 Å². The molecule has 0 saturated carbocycles. The summed E-state index contributed by atoms with van der Waals surface area (Å²) in [7, 11) is -3.49. The first-order valence-electron chi connectivity index (χ1n) is 2.89. The van der Waals surface area contributed by atoms with Crippen molar-refractivity contribution in [1.29, 1.82) is 0 Å². The molecule has 4 nitrogen and oxygen atoms in total. The van der Waals surface area contributed by atoms with Crippen LogP contribution in [0.3, 0.4) is 0 Å². The molecule has 0 aliphatic rings. The van der Waals surface area contributed by atoms with Crippen LogP contribution >= 0.6 is 0 Å². The van der Waals surface area contributed by atoms with Crippen molar-refractivity contribution in [1.82, 2.24) is 0 Å². The van der Waals surface area contributed by atoms with Gasteiger partial charge in [0, 0.05) is 6.08 Å². The summed E-state index contributed by atoms with van der Waals surface area (Å²) in [5.41, 5.74) is 0. The van der Waals surface area contributed by atoms with Crippen molar-refractivity contribution in [2.75, 3.05) is 6.26 Å². The zero-order valence-corrected chi connectivity index (χ0v) is 7.44. The summed E-state index contributed by atoms with van der Waals surface area (Å²) < 4.78 is 25.3. The number of hydrogen-bond acceptors (Lipinski definition) is 4. The smallest absolute Gasteiger partial charge is 0.305 e. The fourth-order valence-corrected chi connectivity index (χ4v) is 1.07. The number of carbonyl (C=O) groups is 1. The Hall–Kier alpha value is -0.840. The first-order chi connectivity index (χ1) is 4.81. The van der Waals surface area contributed by atoms with Crippen LogP contribution in [0, 0.1) is 0 Å². The van der Waals surface area contributed by atoms with Crippen LogP contribution in [0.2, 0.25) is 0 Å².